The first-order chi connectivity index (χ1) is 12.7. The minimum atomic E-state index is -0.630. The molecule has 0 amide bonds. The Balaban J connectivity index is 1.74. The van der Waals surface area contributed by atoms with Gasteiger partial charge in [0.15, 0.2) is 0 Å². The highest BCUT2D eigenvalue weighted by atomic mass is 32.1. The predicted molar refractivity (Wildman–Crippen MR) is 99.5 cm³/mol. The molecule has 132 valence electrons. The average Bonchev–Trinajstić information content (AvgIpc) is 3.31. The van der Waals surface area contributed by atoms with Gasteiger partial charge in [0.1, 0.15) is 0 Å². The molecule has 0 radical (unpaired) electrons. The number of nitrogens with one attached hydrogen (secondary N) is 1. The van der Waals surface area contributed by atoms with Crippen molar-refractivity contribution < 1.29 is 4.52 Å². The van der Waals surface area contributed by atoms with Crippen molar-refractivity contribution in [1.82, 2.24) is 19.7 Å². The van der Waals surface area contributed by atoms with Crippen molar-refractivity contribution in [3.63, 3.8) is 0 Å². The van der Waals surface area contributed by atoms with Gasteiger partial charge in [0.05, 0.1) is 17.5 Å². The fourth-order valence-electron chi connectivity index (χ4n) is 2.87. The number of hydrogen-bond donors (Lipinski definition) is 1. The van der Waals surface area contributed by atoms with Gasteiger partial charge in [-0.2, -0.15) is 4.98 Å². The van der Waals surface area contributed by atoms with Gasteiger partial charge in [-0.1, -0.05) is 18.1 Å². The molecule has 4 aromatic rings. The summed E-state index contributed by atoms with van der Waals surface area (Å²) in [4.78, 5) is 32.2. The quantitative estimate of drug-likeness (QED) is 0.547. The number of benzene rings is 1. The van der Waals surface area contributed by atoms with Gasteiger partial charge in [-0.05, 0) is 36.1 Å². The van der Waals surface area contributed by atoms with Crippen molar-refractivity contribution in [2.45, 2.75) is 26.3 Å². The molecule has 1 N–H and O–H groups in total. The Morgan fingerprint density at radius 1 is 1.27 bits per heavy atom. The Morgan fingerprint density at radius 3 is 2.92 bits per heavy atom. The maximum Gasteiger partial charge on any atom is 0.316 e. The van der Waals surface area contributed by atoms with Gasteiger partial charge in [0.2, 0.25) is 11.7 Å². The van der Waals surface area contributed by atoms with Crippen molar-refractivity contribution in [1.29, 1.82) is 0 Å². The molecule has 4 rings (SSSR count). The molecule has 26 heavy (non-hydrogen) atoms. The number of aromatic amines is 1. The Hall–Kier alpha value is -3.00. The molecule has 0 unspecified atom stereocenters. The average molecular weight is 368 g/mol. The third-order valence-corrected chi connectivity index (χ3v) is 4.93. The zero-order valence-electron chi connectivity index (χ0n) is 14.1. The maximum atomic E-state index is 12.1. The van der Waals surface area contributed by atoms with Gasteiger partial charge in [0, 0.05) is 17.0 Å². The van der Waals surface area contributed by atoms with Crippen molar-refractivity contribution in [2.24, 2.45) is 0 Å². The van der Waals surface area contributed by atoms with E-state index in [1.54, 1.807) is 23.5 Å². The van der Waals surface area contributed by atoms with Crippen LogP contribution in [0.3, 0.4) is 0 Å². The Kier molecular flexibility index (Phi) is 4.26. The van der Waals surface area contributed by atoms with Crippen molar-refractivity contribution >= 4 is 22.4 Å². The number of H-pyrrole nitrogens is 1. The van der Waals surface area contributed by atoms with Gasteiger partial charge in [-0.25, -0.2) is 0 Å². The fraction of sp³-hybridized carbons (Fsp3) is 0.222. The molecule has 0 aliphatic carbocycles. The Morgan fingerprint density at radius 2 is 2.15 bits per heavy atom. The third-order valence-electron chi connectivity index (χ3n) is 4.05. The van der Waals surface area contributed by atoms with E-state index in [-0.39, 0.29) is 0 Å². The molecular formula is C18H16N4O3S. The van der Waals surface area contributed by atoms with E-state index in [4.69, 9.17) is 4.52 Å². The van der Waals surface area contributed by atoms with E-state index >= 15 is 0 Å². The molecule has 0 saturated carbocycles. The van der Waals surface area contributed by atoms with Gasteiger partial charge >= 0.3 is 11.1 Å². The number of nitrogens with zero attached hydrogens (tertiary/aromatic N) is 3. The van der Waals surface area contributed by atoms with Crippen molar-refractivity contribution in [3.05, 3.63) is 67.2 Å². The van der Waals surface area contributed by atoms with Crippen LogP contribution in [-0.4, -0.2) is 19.7 Å². The van der Waals surface area contributed by atoms with E-state index in [0.717, 1.165) is 16.9 Å². The van der Waals surface area contributed by atoms with Crippen LogP contribution < -0.4 is 11.1 Å². The summed E-state index contributed by atoms with van der Waals surface area (Å²) in [6.07, 6.45) is 1.35. The van der Waals surface area contributed by atoms with E-state index < -0.39 is 11.1 Å². The van der Waals surface area contributed by atoms with E-state index in [1.807, 2.05) is 30.5 Å². The standard InChI is InChI=1S/C18H16N4O3S/c1-2-7-22-14-6-5-11(9-13(14)19-17(23)18(22)24)16-20-15(25-21-16)10-12-4-3-8-26-12/h3-6,8-9H,2,7,10H2,1H3,(H,19,23). The lowest BCUT2D eigenvalue weighted by Crippen LogP contribution is -2.36. The van der Waals surface area contributed by atoms with Crippen LogP contribution in [0.5, 0.6) is 0 Å². The number of aromatic nitrogens is 4. The molecule has 0 aliphatic heterocycles. The molecule has 0 fully saturated rings. The number of aryl methyl sites for hydroxylation is 1. The summed E-state index contributed by atoms with van der Waals surface area (Å²) in [7, 11) is 0. The summed E-state index contributed by atoms with van der Waals surface area (Å²) in [6.45, 7) is 2.45. The Bertz CT molecular complexity index is 1170. The highest BCUT2D eigenvalue weighted by Crippen LogP contribution is 2.21. The lowest BCUT2D eigenvalue weighted by Gasteiger charge is -2.08. The molecule has 0 aliphatic rings. The normalized spacial score (nSPS) is 11.3. The highest BCUT2D eigenvalue weighted by molar-refractivity contribution is 7.09. The minimum Gasteiger partial charge on any atom is -0.339 e. The number of rotatable bonds is 5. The largest absolute Gasteiger partial charge is 0.339 e. The first kappa shape index (κ1) is 16.5. The van der Waals surface area contributed by atoms with E-state index in [2.05, 4.69) is 15.1 Å². The lowest BCUT2D eigenvalue weighted by atomic mass is 10.1. The highest BCUT2D eigenvalue weighted by Gasteiger charge is 2.13. The summed E-state index contributed by atoms with van der Waals surface area (Å²) in [5.74, 6) is 0.986. The summed E-state index contributed by atoms with van der Waals surface area (Å²) < 4.78 is 6.82. The number of fused-ring (bicyclic) bond motifs is 1. The van der Waals surface area contributed by atoms with Crippen LogP contribution in [-0.2, 0) is 13.0 Å². The molecule has 3 aromatic heterocycles. The molecular weight excluding hydrogens is 352 g/mol. The second-order valence-corrected chi connectivity index (χ2v) is 6.94. The topological polar surface area (TPSA) is 93.8 Å². The van der Waals surface area contributed by atoms with Crippen molar-refractivity contribution in [2.75, 3.05) is 0 Å². The maximum absolute atomic E-state index is 12.1. The summed E-state index contributed by atoms with van der Waals surface area (Å²) >= 11 is 1.63. The molecule has 0 atom stereocenters. The molecule has 0 saturated heterocycles. The first-order valence-corrected chi connectivity index (χ1v) is 9.16. The van der Waals surface area contributed by atoms with E-state index in [0.29, 0.717) is 35.7 Å². The van der Waals surface area contributed by atoms with Crippen LogP contribution in [0.2, 0.25) is 0 Å². The molecule has 1 aromatic carbocycles. The van der Waals surface area contributed by atoms with Crippen LogP contribution in [0, 0.1) is 0 Å². The monoisotopic (exact) mass is 368 g/mol. The van der Waals surface area contributed by atoms with Gasteiger partial charge in [0.25, 0.3) is 0 Å². The summed E-state index contributed by atoms with van der Waals surface area (Å²) in [6, 6.07) is 9.39. The minimum absolute atomic E-state index is 0.451. The first-order valence-electron chi connectivity index (χ1n) is 8.28. The van der Waals surface area contributed by atoms with Gasteiger partial charge in [-0.3, -0.25) is 9.59 Å². The number of thiophene rings is 1. The van der Waals surface area contributed by atoms with Crippen molar-refractivity contribution in [3.8, 4) is 11.4 Å². The zero-order valence-corrected chi connectivity index (χ0v) is 14.9. The van der Waals surface area contributed by atoms with Crippen LogP contribution >= 0.6 is 11.3 Å². The molecule has 7 nitrogen and oxygen atoms in total. The van der Waals surface area contributed by atoms with E-state index in [1.165, 1.54) is 4.57 Å². The SMILES string of the molecule is CCCn1c(=O)c(=O)[nH]c2cc(-c3noc(Cc4cccs4)n3)ccc21. The van der Waals surface area contributed by atoms with Crippen LogP contribution in [0.15, 0.2) is 49.8 Å². The smallest absolute Gasteiger partial charge is 0.316 e. The van der Waals surface area contributed by atoms with Gasteiger partial charge < -0.3 is 14.1 Å². The molecule has 0 bridgehead atoms. The van der Waals surface area contributed by atoms with E-state index in [9.17, 15) is 9.59 Å². The molecule has 0 spiro atoms. The fourth-order valence-corrected chi connectivity index (χ4v) is 3.57. The predicted octanol–water partition coefficient (Wildman–Crippen LogP) is 2.80. The lowest BCUT2D eigenvalue weighted by molar-refractivity contribution is 0.386. The summed E-state index contributed by atoms with van der Waals surface area (Å²) in [5.41, 5.74) is 0.808. The third kappa shape index (κ3) is 2.99. The zero-order chi connectivity index (χ0) is 18.1. The Labute approximate surface area is 151 Å². The number of hydrogen-bond acceptors (Lipinski definition) is 6. The molecule has 3 heterocycles. The van der Waals surface area contributed by atoms with Crippen LogP contribution in [0.4, 0.5) is 0 Å². The second kappa shape index (κ2) is 6.72. The second-order valence-electron chi connectivity index (χ2n) is 5.91. The molecule has 8 heteroatoms. The van der Waals surface area contributed by atoms with Crippen LogP contribution in [0.25, 0.3) is 22.4 Å². The summed E-state index contributed by atoms with van der Waals surface area (Å²) in [5, 5.41) is 6.03. The van der Waals surface area contributed by atoms with Crippen LogP contribution in [0.1, 0.15) is 24.1 Å². The van der Waals surface area contributed by atoms with Gasteiger partial charge in [-0.15, -0.1) is 11.3 Å².